The Hall–Kier alpha value is -1.18. The van der Waals surface area contributed by atoms with Crippen LogP contribution < -0.4 is 4.72 Å². The number of esters is 1. The number of sulfonamides is 1. The third-order valence-corrected chi connectivity index (χ3v) is 4.09. The Balaban J connectivity index is 2.87. The van der Waals surface area contributed by atoms with Gasteiger partial charge in [-0.15, -0.1) is 0 Å². The fourth-order valence-electron chi connectivity index (χ4n) is 1.31. The predicted octanol–water partition coefficient (Wildman–Crippen LogP) is 1.74. The number of rotatable bonds is 4. The summed E-state index contributed by atoms with van der Waals surface area (Å²) in [6, 6.07) is 1.72. The Morgan fingerprint density at radius 1 is 1.45 bits per heavy atom. The molecule has 0 aliphatic carbocycles. The summed E-state index contributed by atoms with van der Waals surface area (Å²) in [6.07, 6.45) is 1.37. The average Bonchev–Trinajstić information content (AvgIpc) is 2.26. The van der Waals surface area contributed by atoms with Crippen molar-refractivity contribution in [3.05, 3.63) is 23.5 Å². The molecule has 1 heterocycles. The van der Waals surface area contributed by atoms with Crippen molar-refractivity contribution in [1.82, 2.24) is 9.71 Å². The third-order valence-electron chi connectivity index (χ3n) is 2.11. The van der Waals surface area contributed by atoms with Gasteiger partial charge in [0.05, 0.1) is 0 Å². The smallest absolute Gasteiger partial charge is 0.324 e. The van der Waals surface area contributed by atoms with Crippen LogP contribution in [-0.4, -0.2) is 31.0 Å². The van der Waals surface area contributed by atoms with E-state index in [9.17, 15) is 13.2 Å². The summed E-state index contributed by atoms with van der Waals surface area (Å²) in [5, 5.41) is -0.156. The lowest BCUT2D eigenvalue weighted by Gasteiger charge is -2.22. The molecule has 1 atom stereocenters. The molecular formula is C12H17ClN2O4S. The molecule has 1 aromatic rings. The second-order valence-corrected chi connectivity index (χ2v) is 7.21. The first kappa shape index (κ1) is 16.9. The van der Waals surface area contributed by atoms with E-state index in [0.717, 1.165) is 0 Å². The van der Waals surface area contributed by atoms with E-state index < -0.39 is 27.6 Å². The van der Waals surface area contributed by atoms with Crippen LogP contribution in [0.5, 0.6) is 0 Å². The quantitative estimate of drug-likeness (QED) is 0.674. The zero-order valence-electron chi connectivity index (χ0n) is 11.7. The zero-order chi connectivity index (χ0) is 15.6. The van der Waals surface area contributed by atoms with Crippen LogP contribution in [0.3, 0.4) is 0 Å². The minimum absolute atomic E-state index is 0.156. The molecule has 0 amide bonds. The molecule has 0 unspecified atom stereocenters. The molecule has 0 bridgehead atoms. The number of hydrogen-bond donors (Lipinski definition) is 1. The van der Waals surface area contributed by atoms with Gasteiger partial charge in [-0.1, -0.05) is 11.6 Å². The van der Waals surface area contributed by atoms with Crippen molar-refractivity contribution in [2.45, 2.75) is 44.2 Å². The minimum Gasteiger partial charge on any atom is -0.459 e. The first-order chi connectivity index (χ1) is 9.03. The summed E-state index contributed by atoms with van der Waals surface area (Å²) in [5.74, 6) is -0.666. The molecule has 0 aromatic carbocycles. The summed E-state index contributed by atoms with van der Waals surface area (Å²) in [6.45, 7) is 6.49. The first-order valence-corrected chi connectivity index (χ1v) is 7.75. The van der Waals surface area contributed by atoms with Gasteiger partial charge in [0.15, 0.2) is 0 Å². The number of carbonyl (C=O) groups is 1. The maximum atomic E-state index is 12.1. The number of aromatic nitrogens is 1. The minimum atomic E-state index is -3.94. The highest BCUT2D eigenvalue weighted by Crippen LogP contribution is 2.18. The molecular weight excluding hydrogens is 304 g/mol. The average molecular weight is 321 g/mol. The van der Waals surface area contributed by atoms with E-state index in [1.54, 1.807) is 20.8 Å². The van der Waals surface area contributed by atoms with Crippen LogP contribution in [0.2, 0.25) is 5.15 Å². The fraction of sp³-hybridized carbons (Fsp3) is 0.500. The summed E-state index contributed by atoms with van der Waals surface area (Å²) >= 11 is 5.73. The Bertz CT molecular complexity index is 596. The van der Waals surface area contributed by atoms with Gasteiger partial charge >= 0.3 is 5.97 Å². The molecule has 0 saturated heterocycles. The Kier molecular flexibility index (Phi) is 5.12. The van der Waals surface area contributed by atoms with E-state index in [0.29, 0.717) is 0 Å². The Morgan fingerprint density at radius 3 is 2.55 bits per heavy atom. The zero-order valence-corrected chi connectivity index (χ0v) is 13.2. The molecule has 0 fully saturated rings. The molecule has 0 saturated carbocycles. The van der Waals surface area contributed by atoms with Crippen LogP contribution in [0.1, 0.15) is 27.7 Å². The lowest BCUT2D eigenvalue weighted by molar-refractivity contribution is -0.156. The van der Waals surface area contributed by atoms with Crippen molar-refractivity contribution in [3.8, 4) is 0 Å². The summed E-state index contributed by atoms with van der Waals surface area (Å²) in [5.41, 5.74) is -0.692. The Morgan fingerprint density at radius 2 is 2.05 bits per heavy atom. The molecule has 0 aliphatic rings. The van der Waals surface area contributed by atoms with Crippen molar-refractivity contribution in [2.75, 3.05) is 0 Å². The van der Waals surface area contributed by atoms with Gasteiger partial charge in [0, 0.05) is 6.20 Å². The number of pyridine rings is 1. The van der Waals surface area contributed by atoms with Crippen LogP contribution in [0.25, 0.3) is 0 Å². The normalized spacial score (nSPS) is 13.8. The summed E-state index contributed by atoms with van der Waals surface area (Å²) in [7, 11) is -3.94. The fourth-order valence-corrected chi connectivity index (χ4v) is 2.95. The lowest BCUT2D eigenvalue weighted by atomic mass is 10.2. The van der Waals surface area contributed by atoms with E-state index in [4.69, 9.17) is 16.3 Å². The molecule has 112 valence electrons. The maximum Gasteiger partial charge on any atom is 0.324 e. The number of nitrogens with zero attached hydrogens (tertiary/aromatic N) is 1. The van der Waals surface area contributed by atoms with Crippen molar-refractivity contribution in [3.63, 3.8) is 0 Å². The molecule has 1 N–H and O–H groups in total. The number of ether oxygens (including phenoxy) is 1. The molecule has 0 aliphatic heterocycles. The second-order valence-electron chi connectivity index (χ2n) is 5.17. The molecule has 1 rings (SSSR count). The van der Waals surface area contributed by atoms with Crippen molar-refractivity contribution in [1.29, 1.82) is 0 Å². The van der Waals surface area contributed by atoms with Crippen LogP contribution in [0.4, 0.5) is 0 Å². The standard InChI is InChI=1S/C12H17ClN2O4S/c1-8(11(16)19-12(2,3)4)15-20(17,18)9-6-5-7-14-10(9)13/h5-8,15H,1-4H3/t8-/m0/s1. The van der Waals surface area contributed by atoms with E-state index in [1.807, 2.05) is 0 Å². The number of halogens is 1. The van der Waals surface area contributed by atoms with Gasteiger partial charge in [0.25, 0.3) is 0 Å². The second kappa shape index (κ2) is 6.07. The van der Waals surface area contributed by atoms with Gasteiger partial charge in [-0.05, 0) is 39.8 Å². The molecule has 0 radical (unpaired) electrons. The van der Waals surface area contributed by atoms with Gasteiger partial charge in [0.2, 0.25) is 10.0 Å². The highest BCUT2D eigenvalue weighted by Gasteiger charge is 2.27. The lowest BCUT2D eigenvalue weighted by Crippen LogP contribution is -2.42. The molecule has 20 heavy (non-hydrogen) atoms. The van der Waals surface area contributed by atoms with Crippen molar-refractivity contribution in [2.24, 2.45) is 0 Å². The molecule has 8 heteroatoms. The van der Waals surface area contributed by atoms with E-state index in [-0.39, 0.29) is 10.0 Å². The van der Waals surface area contributed by atoms with E-state index in [1.165, 1.54) is 25.3 Å². The van der Waals surface area contributed by atoms with Gasteiger partial charge in [-0.25, -0.2) is 13.4 Å². The first-order valence-electron chi connectivity index (χ1n) is 5.88. The number of carbonyl (C=O) groups excluding carboxylic acids is 1. The van der Waals surface area contributed by atoms with Crippen LogP contribution in [0, 0.1) is 0 Å². The van der Waals surface area contributed by atoms with E-state index >= 15 is 0 Å². The van der Waals surface area contributed by atoms with Crippen LogP contribution in [-0.2, 0) is 19.6 Å². The van der Waals surface area contributed by atoms with Crippen molar-refractivity contribution < 1.29 is 17.9 Å². The van der Waals surface area contributed by atoms with Crippen molar-refractivity contribution >= 4 is 27.6 Å². The van der Waals surface area contributed by atoms with Crippen LogP contribution >= 0.6 is 11.6 Å². The highest BCUT2D eigenvalue weighted by molar-refractivity contribution is 7.89. The monoisotopic (exact) mass is 320 g/mol. The van der Waals surface area contributed by atoms with Gasteiger partial charge in [-0.3, -0.25) is 4.79 Å². The van der Waals surface area contributed by atoms with Gasteiger partial charge in [0.1, 0.15) is 21.7 Å². The summed E-state index contributed by atoms with van der Waals surface area (Å²) < 4.78 is 31.5. The topological polar surface area (TPSA) is 85.4 Å². The summed E-state index contributed by atoms with van der Waals surface area (Å²) in [4.78, 5) is 15.3. The maximum absolute atomic E-state index is 12.1. The van der Waals surface area contributed by atoms with E-state index in [2.05, 4.69) is 9.71 Å². The Labute approximate surface area is 123 Å². The van der Waals surface area contributed by atoms with Gasteiger partial charge in [-0.2, -0.15) is 4.72 Å². The number of nitrogens with one attached hydrogen (secondary N) is 1. The highest BCUT2D eigenvalue weighted by atomic mass is 35.5. The van der Waals surface area contributed by atoms with Crippen LogP contribution in [0.15, 0.2) is 23.2 Å². The third kappa shape index (κ3) is 4.73. The molecule has 1 aromatic heterocycles. The number of hydrogen-bond acceptors (Lipinski definition) is 5. The SMILES string of the molecule is C[C@H](NS(=O)(=O)c1cccnc1Cl)C(=O)OC(C)(C)C. The molecule has 6 nitrogen and oxygen atoms in total. The molecule has 0 spiro atoms. The largest absolute Gasteiger partial charge is 0.459 e. The van der Waals surface area contributed by atoms with Gasteiger partial charge < -0.3 is 4.74 Å². The predicted molar refractivity (Wildman–Crippen MR) is 74.9 cm³/mol.